The molecule has 148 valence electrons. The molecule has 0 saturated carbocycles. The number of amides is 1. The van der Waals surface area contributed by atoms with Crippen molar-refractivity contribution in [2.45, 2.75) is 38.3 Å². The summed E-state index contributed by atoms with van der Waals surface area (Å²) in [5.74, 6) is 2.45. The van der Waals surface area contributed by atoms with Gasteiger partial charge in [-0.15, -0.1) is 0 Å². The van der Waals surface area contributed by atoms with Gasteiger partial charge in [0.2, 0.25) is 0 Å². The molecule has 5 nitrogen and oxygen atoms in total. The normalized spacial score (nSPS) is 23.8. The third-order valence-electron chi connectivity index (χ3n) is 6.09. The molecule has 2 aromatic rings. The SMILES string of the molecule is CCC1NCCC(c2ccc(OC)cc2)C1COc1ccc2c(c1)C(=O)NC2. The summed E-state index contributed by atoms with van der Waals surface area (Å²) in [5.41, 5.74) is 3.11. The number of piperidine rings is 1. The van der Waals surface area contributed by atoms with Crippen LogP contribution in [-0.2, 0) is 6.54 Å². The maximum absolute atomic E-state index is 11.9. The fourth-order valence-corrected chi connectivity index (χ4v) is 4.49. The first-order valence-corrected chi connectivity index (χ1v) is 10.1. The highest BCUT2D eigenvalue weighted by molar-refractivity contribution is 5.98. The second-order valence-electron chi connectivity index (χ2n) is 7.61. The Balaban J connectivity index is 1.52. The van der Waals surface area contributed by atoms with Gasteiger partial charge in [0, 0.05) is 24.1 Å². The third-order valence-corrected chi connectivity index (χ3v) is 6.09. The topological polar surface area (TPSA) is 59.6 Å². The quantitative estimate of drug-likeness (QED) is 0.805. The largest absolute Gasteiger partial charge is 0.497 e. The minimum Gasteiger partial charge on any atom is -0.497 e. The van der Waals surface area contributed by atoms with Crippen molar-refractivity contribution in [3.8, 4) is 11.5 Å². The van der Waals surface area contributed by atoms with Gasteiger partial charge in [0.05, 0.1) is 13.7 Å². The molecular weight excluding hydrogens is 352 g/mol. The van der Waals surface area contributed by atoms with E-state index in [2.05, 4.69) is 29.7 Å². The zero-order valence-electron chi connectivity index (χ0n) is 16.5. The molecule has 0 spiro atoms. The van der Waals surface area contributed by atoms with Crippen LogP contribution in [0.3, 0.4) is 0 Å². The predicted molar refractivity (Wildman–Crippen MR) is 109 cm³/mol. The van der Waals surface area contributed by atoms with E-state index in [4.69, 9.17) is 9.47 Å². The predicted octanol–water partition coefficient (Wildman–Crippen LogP) is 3.49. The molecule has 0 aromatic heterocycles. The minimum atomic E-state index is -0.0117. The molecule has 1 amide bonds. The highest BCUT2D eigenvalue weighted by Gasteiger charge is 2.34. The van der Waals surface area contributed by atoms with Crippen LogP contribution in [0.2, 0.25) is 0 Å². The van der Waals surface area contributed by atoms with Gasteiger partial charge in [0.15, 0.2) is 0 Å². The molecule has 2 N–H and O–H groups in total. The van der Waals surface area contributed by atoms with E-state index in [0.717, 1.165) is 42.0 Å². The number of hydrogen-bond acceptors (Lipinski definition) is 4. The number of hydrogen-bond donors (Lipinski definition) is 2. The van der Waals surface area contributed by atoms with Crippen molar-refractivity contribution in [1.29, 1.82) is 0 Å². The Morgan fingerprint density at radius 2 is 1.89 bits per heavy atom. The van der Waals surface area contributed by atoms with Crippen LogP contribution in [0.15, 0.2) is 42.5 Å². The number of carbonyl (C=O) groups excluding carboxylic acids is 1. The summed E-state index contributed by atoms with van der Waals surface area (Å²) >= 11 is 0. The molecule has 1 fully saturated rings. The smallest absolute Gasteiger partial charge is 0.252 e. The van der Waals surface area contributed by atoms with Gasteiger partial charge in [-0.2, -0.15) is 0 Å². The van der Waals surface area contributed by atoms with Crippen molar-refractivity contribution < 1.29 is 14.3 Å². The van der Waals surface area contributed by atoms with Crippen molar-refractivity contribution in [1.82, 2.24) is 10.6 Å². The molecule has 5 heteroatoms. The van der Waals surface area contributed by atoms with Crippen LogP contribution >= 0.6 is 0 Å². The van der Waals surface area contributed by atoms with Gasteiger partial charge in [-0.3, -0.25) is 4.79 Å². The minimum absolute atomic E-state index is 0.0117. The molecule has 2 aliphatic heterocycles. The molecule has 4 rings (SSSR count). The lowest BCUT2D eigenvalue weighted by Crippen LogP contribution is -2.47. The first-order chi connectivity index (χ1) is 13.7. The average Bonchev–Trinajstić information content (AvgIpc) is 3.12. The van der Waals surface area contributed by atoms with Crippen LogP contribution in [0, 0.1) is 5.92 Å². The van der Waals surface area contributed by atoms with Gasteiger partial charge in [-0.1, -0.05) is 25.1 Å². The number of methoxy groups -OCH3 is 1. The number of ether oxygens (including phenoxy) is 2. The highest BCUT2D eigenvalue weighted by atomic mass is 16.5. The molecular formula is C23H28N2O3. The zero-order chi connectivity index (χ0) is 19.5. The molecule has 1 saturated heterocycles. The summed E-state index contributed by atoms with van der Waals surface area (Å²) in [7, 11) is 1.69. The number of benzene rings is 2. The fraction of sp³-hybridized carbons (Fsp3) is 0.435. The Morgan fingerprint density at radius 3 is 2.64 bits per heavy atom. The van der Waals surface area contributed by atoms with Gasteiger partial charge in [0.1, 0.15) is 11.5 Å². The molecule has 0 aliphatic carbocycles. The van der Waals surface area contributed by atoms with Crippen LogP contribution in [0.4, 0.5) is 0 Å². The van der Waals surface area contributed by atoms with Crippen LogP contribution in [0.25, 0.3) is 0 Å². The van der Waals surface area contributed by atoms with E-state index in [1.54, 1.807) is 7.11 Å². The van der Waals surface area contributed by atoms with Crippen molar-refractivity contribution in [3.63, 3.8) is 0 Å². The van der Waals surface area contributed by atoms with Gasteiger partial charge in [-0.25, -0.2) is 0 Å². The Morgan fingerprint density at radius 1 is 1.11 bits per heavy atom. The Bertz CT molecular complexity index is 834. The van der Waals surface area contributed by atoms with Crippen LogP contribution in [-0.4, -0.2) is 32.2 Å². The monoisotopic (exact) mass is 380 g/mol. The maximum atomic E-state index is 11.9. The highest BCUT2D eigenvalue weighted by Crippen LogP contribution is 2.36. The fourth-order valence-electron chi connectivity index (χ4n) is 4.49. The van der Waals surface area contributed by atoms with E-state index in [1.165, 1.54) is 5.56 Å². The molecule has 0 bridgehead atoms. The molecule has 2 heterocycles. The zero-order valence-corrected chi connectivity index (χ0v) is 16.5. The van der Waals surface area contributed by atoms with Crippen molar-refractivity contribution in [2.24, 2.45) is 5.92 Å². The van der Waals surface area contributed by atoms with E-state index < -0.39 is 0 Å². The van der Waals surface area contributed by atoms with Gasteiger partial charge >= 0.3 is 0 Å². The third kappa shape index (κ3) is 3.72. The van der Waals surface area contributed by atoms with E-state index in [1.807, 2.05) is 30.3 Å². The van der Waals surface area contributed by atoms with Crippen LogP contribution < -0.4 is 20.1 Å². The summed E-state index contributed by atoms with van der Waals surface area (Å²) in [5, 5.41) is 6.51. The number of fused-ring (bicyclic) bond motifs is 1. The summed E-state index contributed by atoms with van der Waals surface area (Å²) in [6.45, 7) is 4.48. The van der Waals surface area contributed by atoms with E-state index in [9.17, 15) is 4.79 Å². The van der Waals surface area contributed by atoms with Gasteiger partial charge < -0.3 is 20.1 Å². The van der Waals surface area contributed by atoms with Crippen LogP contribution in [0.1, 0.15) is 47.2 Å². The lowest BCUT2D eigenvalue weighted by Gasteiger charge is -2.39. The van der Waals surface area contributed by atoms with Crippen LogP contribution in [0.5, 0.6) is 11.5 Å². The van der Waals surface area contributed by atoms with Crippen molar-refractivity contribution >= 4 is 5.91 Å². The van der Waals surface area contributed by atoms with Crippen molar-refractivity contribution in [3.05, 3.63) is 59.2 Å². The van der Waals surface area contributed by atoms with Gasteiger partial charge in [-0.05, 0) is 60.7 Å². The maximum Gasteiger partial charge on any atom is 0.252 e. The Labute approximate surface area is 166 Å². The summed E-state index contributed by atoms with van der Waals surface area (Å²) in [4.78, 5) is 11.9. The Kier molecular flexibility index (Phi) is 5.53. The molecule has 0 radical (unpaired) electrons. The standard InChI is InChI=1S/C23H28N2O3/c1-3-22-21(14-28-18-9-6-16-13-25-23(26)20(16)12-18)19(10-11-24-22)15-4-7-17(27-2)8-5-15/h4-9,12,19,21-22,24H,3,10-11,13-14H2,1-2H3,(H,25,26). The van der Waals surface area contributed by atoms with Gasteiger partial charge in [0.25, 0.3) is 5.91 Å². The number of rotatable bonds is 6. The lowest BCUT2D eigenvalue weighted by molar-refractivity contribution is 0.0965. The Hall–Kier alpha value is -2.53. The second-order valence-corrected chi connectivity index (χ2v) is 7.61. The average molecular weight is 380 g/mol. The lowest BCUT2D eigenvalue weighted by atomic mass is 9.76. The summed E-state index contributed by atoms with van der Waals surface area (Å²) in [6, 6.07) is 14.7. The summed E-state index contributed by atoms with van der Waals surface area (Å²) < 4.78 is 11.5. The van der Waals surface area contributed by atoms with E-state index >= 15 is 0 Å². The summed E-state index contributed by atoms with van der Waals surface area (Å²) in [6.07, 6.45) is 2.15. The second kappa shape index (κ2) is 8.23. The molecule has 28 heavy (non-hydrogen) atoms. The number of nitrogens with one attached hydrogen (secondary N) is 2. The molecule has 2 aliphatic rings. The first kappa shape index (κ1) is 18.8. The molecule has 3 unspecified atom stereocenters. The molecule has 3 atom stereocenters. The first-order valence-electron chi connectivity index (χ1n) is 10.1. The van der Waals surface area contributed by atoms with E-state index in [-0.39, 0.29) is 5.91 Å². The van der Waals surface area contributed by atoms with Crippen molar-refractivity contribution in [2.75, 3.05) is 20.3 Å². The number of carbonyl (C=O) groups is 1. The molecule has 2 aromatic carbocycles. The van der Waals surface area contributed by atoms with E-state index in [0.29, 0.717) is 31.0 Å².